The Hall–Kier alpha value is -3.86. The highest BCUT2D eigenvalue weighted by Crippen LogP contribution is 2.27. The molecule has 0 fully saturated rings. The van der Waals surface area contributed by atoms with Gasteiger partial charge in [-0.2, -0.15) is 0 Å². The molecule has 0 aliphatic heterocycles. The van der Waals surface area contributed by atoms with E-state index in [1.165, 1.54) is 24.3 Å². The molecule has 1 aromatic heterocycles. The zero-order chi connectivity index (χ0) is 27.1. The van der Waals surface area contributed by atoms with Crippen LogP contribution < -0.4 is 14.8 Å². The number of methoxy groups -OCH3 is 1. The summed E-state index contributed by atoms with van der Waals surface area (Å²) in [5, 5.41) is 5.80. The first-order valence-corrected chi connectivity index (χ1v) is 13.6. The average Bonchev–Trinajstić information content (AvgIpc) is 2.92. The number of pyridine rings is 1. The molecule has 0 unspecified atom stereocenters. The highest BCUT2D eigenvalue weighted by molar-refractivity contribution is 7.89. The molecule has 10 heteroatoms. The second-order valence-electron chi connectivity index (χ2n) is 8.56. The van der Waals surface area contributed by atoms with Gasteiger partial charge in [-0.05, 0) is 77.9 Å². The lowest BCUT2D eigenvalue weighted by Crippen LogP contribution is -2.42. The monoisotopic (exact) mass is 550 g/mol. The Morgan fingerprint density at radius 3 is 2.11 bits per heavy atom. The van der Waals surface area contributed by atoms with E-state index in [-0.39, 0.29) is 10.7 Å². The van der Waals surface area contributed by atoms with Crippen LogP contribution in [-0.4, -0.2) is 30.5 Å². The number of nitrogens with two attached hydrogens (primary N) is 1. The number of benzene rings is 3. The molecule has 0 amide bonds. The van der Waals surface area contributed by atoms with Crippen molar-refractivity contribution in [2.24, 2.45) is 5.14 Å². The molecule has 196 valence electrons. The third kappa shape index (κ3) is 6.91. The van der Waals surface area contributed by atoms with Crippen LogP contribution in [-0.2, 0) is 29.7 Å². The van der Waals surface area contributed by atoms with Gasteiger partial charge >= 0.3 is 0 Å². The van der Waals surface area contributed by atoms with Crippen LogP contribution in [0.4, 0.5) is 10.1 Å². The predicted molar refractivity (Wildman–Crippen MR) is 149 cm³/mol. The van der Waals surface area contributed by atoms with Gasteiger partial charge in [0.25, 0.3) is 0 Å². The van der Waals surface area contributed by atoms with E-state index in [2.05, 4.69) is 4.98 Å². The summed E-state index contributed by atoms with van der Waals surface area (Å²) in [7, 11) is -2.25. The molecule has 0 aliphatic rings. The number of hydrogen-bond acceptors (Lipinski definition) is 5. The van der Waals surface area contributed by atoms with Crippen LogP contribution in [0.25, 0.3) is 0 Å². The Labute approximate surface area is 227 Å². The van der Waals surface area contributed by atoms with Crippen LogP contribution in [0.2, 0.25) is 0 Å². The van der Waals surface area contributed by atoms with Crippen molar-refractivity contribution in [1.29, 1.82) is 0 Å². The molecule has 0 aliphatic carbocycles. The minimum Gasteiger partial charge on any atom is -0.496 e. The first-order valence-electron chi connectivity index (χ1n) is 11.7. The molecular formula is C28H27FN4O3S2. The second kappa shape index (κ2) is 12.1. The first kappa shape index (κ1) is 27.2. The van der Waals surface area contributed by atoms with Gasteiger partial charge in [-0.1, -0.05) is 30.3 Å². The lowest BCUT2D eigenvalue weighted by Gasteiger charge is -2.34. The van der Waals surface area contributed by atoms with Crippen LogP contribution >= 0.6 is 12.2 Å². The van der Waals surface area contributed by atoms with Gasteiger partial charge in [-0.25, -0.2) is 17.9 Å². The lowest BCUT2D eigenvalue weighted by molar-refractivity contribution is 0.401. The number of anilines is 1. The van der Waals surface area contributed by atoms with Gasteiger partial charge in [0.1, 0.15) is 11.6 Å². The normalized spacial score (nSPS) is 11.1. The number of rotatable bonds is 9. The topological polar surface area (TPSA) is 88.8 Å². The van der Waals surface area contributed by atoms with E-state index in [9.17, 15) is 12.8 Å². The SMILES string of the molecule is COc1ccccc1CN(C(=S)N(Cc1ccncc1)Cc1ccc(F)cc1)c1ccc(S(N)(=O)=O)cc1. The molecular weight excluding hydrogens is 523 g/mol. The van der Waals surface area contributed by atoms with Crippen molar-refractivity contribution >= 4 is 33.0 Å². The summed E-state index contributed by atoms with van der Waals surface area (Å²) in [5.74, 6) is 0.380. The fourth-order valence-corrected chi connectivity index (χ4v) is 4.78. The van der Waals surface area contributed by atoms with E-state index in [1.54, 1.807) is 43.8 Å². The number of aromatic nitrogens is 1. The fraction of sp³-hybridized carbons (Fsp3) is 0.143. The van der Waals surface area contributed by atoms with E-state index >= 15 is 0 Å². The van der Waals surface area contributed by atoms with Crippen molar-refractivity contribution in [3.8, 4) is 5.75 Å². The number of hydrogen-bond donors (Lipinski definition) is 1. The highest BCUT2D eigenvalue weighted by atomic mass is 32.2. The molecule has 1 heterocycles. The lowest BCUT2D eigenvalue weighted by atomic mass is 10.1. The molecule has 0 saturated carbocycles. The van der Waals surface area contributed by atoms with E-state index in [0.29, 0.717) is 36.2 Å². The van der Waals surface area contributed by atoms with Crippen molar-refractivity contribution in [2.75, 3.05) is 12.0 Å². The zero-order valence-corrected chi connectivity index (χ0v) is 22.3. The van der Waals surface area contributed by atoms with Gasteiger partial charge in [0.15, 0.2) is 5.11 Å². The van der Waals surface area contributed by atoms with Crippen molar-refractivity contribution in [2.45, 2.75) is 24.5 Å². The molecule has 0 radical (unpaired) electrons. The second-order valence-corrected chi connectivity index (χ2v) is 10.5. The van der Waals surface area contributed by atoms with Crippen molar-refractivity contribution in [3.63, 3.8) is 0 Å². The van der Waals surface area contributed by atoms with Crippen molar-refractivity contribution in [3.05, 3.63) is 120 Å². The first-order chi connectivity index (χ1) is 18.2. The molecule has 0 spiro atoms. The Morgan fingerprint density at radius 1 is 0.895 bits per heavy atom. The van der Waals surface area contributed by atoms with Gasteiger partial charge in [0, 0.05) is 36.7 Å². The molecule has 0 saturated heterocycles. The minimum absolute atomic E-state index is 0.00404. The van der Waals surface area contributed by atoms with Crippen molar-refractivity contribution in [1.82, 2.24) is 9.88 Å². The summed E-state index contributed by atoms with van der Waals surface area (Å²) in [6, 6.07) is 24.0. The Bertz CT molecular complexity index is 1480. The Morgan fingerprint density at radius 2 is 1.50 bits per heavy atom. The van der Waals surface area contributed by atoms with Crippen molar-refractivity contribution < 1.29 is 17.5 Å². The highest BCUT2D eigenvalue weighted by Gasteiger charge is 2.22. The average molecular weight is 551 g/mol. The molecule has 0 bridgehead atoms. The van der Waals surface area contributed by atoms with E-state index in [0.717, 1.165) is 16.7 Å². The summed E-state index contributed by atoms with van der Waals surface area (Å²) in [6.07, 6.45) is 3.43. The van der Waals surface area contributed by atoms with E-state index in [1.807, 2.05) is 46.2 Å². The molecule has 4 aromatic rings. The number of ether oxygens (including phenoxy) is 1. The van der Waals surface area contributed by atoms with Crippen LogP contribution in [0, 0.1) is 5.82 Å². The summed E-state index contributed by atoms with van der Waals surface area (Å²) in [4.78, 5) is 8.01. The maximum Gasteiger partial charge on any atom is 0.238 e. The number of primary sulfonamides is 1. The molecule has 3 aromatic carbocycles. The molecule has 0 atom stereocenters. The summed E-state index contributed by atoms with van der Waals surface area (Å²) < 4.78 is 42.8. The fourth-order valence-electron chi connectivity index (χ4n) is 3.97. The zero-order valence-electron chi connectivity index (χ0n) is 20.7. The number of sulfonamides is 1. The number of halogens is 1. The summed E-state index contributed by atoms with van der Waals surface area (Å²) >= 11 is 6.07. The summed E-state index contributed by atoms with van der Waals surface area (Å²) in [6.45, 7) is 1.24. The standard InChI is InChI=1S/C28H27FN4O3S2/c1-36-27-5-3-2-4-23(27)20-33(25-10-12-26(13-11-25)38(30,34)35)28(37)32(19-22-14-16-31-17-15-22)18-21-6-8-24(29)9-7-21/h2-17H,18-20H2,1H3,(H2,30,34,35). The largest absolute Gasteiger partial charge is 0.496 e. The molecule has 7 nitrogen and oxygen atoms in total. The van der Waals surface area contributed by atoms with Gasteiger partial charge in [-0.3, -0.25) is 4.98 Å². The molecule has 4 rings (SSSR count). The molecule has 2 N–H and O–H groups in total. The Kier molecular flexibility index (Phi) is 8.67. The quantitative estimate of drug-likeness (QED) is 0.298. The maximum absolute atomic E-state index is 13.6. The van der Waals surface area contributed by atoms with E-state index < -0.39 is 10.0 Å². The van der Waals surface area contributed by atoms with Gasteiger partial charge in [0.05, 0.1) is 18.6 Å². The van der Waals surface area contributed by atoms with Crippen LogP contribution in [0.15, 0.2) is 102 Å². The van der Waals surface area contributed by atoms with Gasteiger partial charge in [-0.15, -0.1) is 0 Å². The van der Waals surface area contributed by atoms with Crippen LogP contribution in [0.3, 0.4) is 0 Å². The third-order valence-corrected chi connectivity index (χ3v) is 7.32. The number of thiocarbonyl (C=S) groups is 1. The molecule has 38 heavy (non-hydrogen) atoms. The van der Waals surface area contributed by atoms with Crippen LogP contribution in [0.1, 0.15) is 16.7 Å². The van der Waals surface area contributed by atoms with Gasteiger partial charge in [0.2, 0.25) is 10.0 Å². The van der Waals surface area contributed by atoms with Gasteiger partial charge < -0.3 is 14.5 Å². The summed E-state index contributed by atoms with van der Waals surface area (Å²) in [5.41, 5.74) is 3.43. The smallest absolute Gasteiger partial charge is 0.238 e. The number of nitrogens with zero attached hydrogens (tertiary/aromatic N) is 3. The minimum atomic E-state index is -3.85. The third-order valence-electron chi connectivity index (χ3n) is 5.91. The van der Waals surface area contributed by atoms with E-state index in [4.69, 9.17) is 22.1 Å². The Balaban J connectivity index is 1.75. The van der Waals surface area contributed by atoms with Crippen LogP contribution in [0.5, 0.6) is 5.75 Å². The predicted octanol–water partition coefficient (Wildman–Crippen LogP) is 4.87. The number of para-hydroxylation sites is 1. The maximum atomic E-state index is 13.6.